The van der Waals surface area contributed by atoms with Crippen LogP contribution < -0.4 is 10.0 Å². The lowest BCUT2D eigenvalue weighted by molar-refractivity contribution is 0.601. The molecule has 0 aliphatic heterocycles. The monoisotopic (exact) mass is 407 g/mol. The number of pyridine rings is 1. The summed E-state index contributed by atoms with van der Waals surface area (Å²) in [6, 6.07) is 5.39. The van der Waals surface area contributed by atoms with Gasteiger partial charge in [0.15, 0.2) is 0 Å². The van der Waals surface area contributed by atoms with Crippen LogP contribution in [-0.2, 0) is 10.0 Å². The molecule has 1 aromatic heterocycles. The minimum atomic E-state index is -3.79. The molecule has 0 bridgehead atoms. The first-order valence-corrected chi connectivity index (χ1v) is 8.10. The Morgan fingerprint density at radius 2 is 2.00 bits per heavy atom. The molecule has 106 valence electrons. The van der Waals surface area contributed by atoms with Gasteiger partial charge in [-0.3, -0.25) is 9.71 Å². The average Bonchev–Trinajstić information content (AvgIpc) is 2.42. The molecule has 0 spiro atoms. The van der Waals surface area contributed by atoms with Crippen molar-refractivity contribution in [1.82, 2.24) is 4.98 Å². The van der Waals surface area contributed by atoms with Crippen LogP contribution >= 0.6 is 22.6 Å². The highest BCUT2D eigenvalue weighted by atomic mass is 127. The van der Waals surface area contributed by atoms with Crippen LogP contribution in [0.4, 0.5) is 15.8 Å². The van der Waals surface area contributed by atoms with Crippen LogP contribution in [0, 0.1) is 9.39 Å². The molecule has 0 unspecified atom stereocenters. The molecule has 0 radical (unpaired) electrons. The van der Waals surface area contributed by atoms with Crippen molar-refractivity contribution in [1.29, 1.82) is 0 Å². The van der Waals surface area contributed by atoms with Crippen molar-refractivity contribution in [3.63, 3.8) is 0 Å². The van der Waals surface area contributed by atoms with Crippen molar-refractivity contribution >= 4 is 44.0 Å². The molecule has 8 heteroatoms. The summed E-state index contributed by atoms with van der Waals surface area (Å²) < 4.78 is 40.6. The van der Waals surface area contributed by atoms with Crippen molar-refractivity contribution in [3.8, 4) is 0 Å². The van der Waals surface area contributed by atoms with E-state index in [0.717, 1.165) is 0 Å². The topological polar surface area (TPSA) is 71.1 Å². The molecule has 1 heterocycles. The van der Waals surface area contributed by atoms with E-state index < -0.39 is 15.8 Å². The third-order valence-corrected chi connectivity index (χ3v) is 4.80. The van der Waals surface area contributed by atoms with Crippen LogP contribution in [-0.4, -0.2) is 20.4 Å². The van der Waals surface area contributed by atoms with Gasteiger partial charge in [-0.25, -0.2) is 12.8 Å². The average molecular weight is 407 g/mol. The first-order valence-electron chi connectivity index (χ1n) is 5.53. The lowest BCUT2D eigenvalue weighted by Gasteiger charge is -2.12. The molecule has 0 saturated carbocycles. The van der Waals surface area contributed by atoms with E-state index in [1.807, 2.05) is 22.6 Å². The highest BCUT2D eigenvalue weighted by molar-refractivity contribution is 14.1. The zero-order chi connectivity index (χ0) is 14.8. The minimum absolute atomic E-state index is 0.0302. The summed E-state index contributed by atoms with van der Waals surface area (Å²) in [5.41, 5.74) is 0.752. The zero-order valence-electron chi connectivity index (χ0n) is 10.4. The van der Waals surface area contributed by atoms with Crippen LogP contribution in [0.15, 0.2) is 41.6 Å². The van der Waals surface area contributed by atoms with Gasteiger partial charge < -0.3 is 5.32 Å². The first kappa shape index (κ1) is 15.0. The van der Waals surface area contributed by atoms with Crippen molar-refractivity contribution < 1.29 is 12.8 Å². The Hall–Kier alpha value is -1.42. The Kier molecular flexibility index (Phi) is 4.43. The van der Waals surface area contributed by atoms with E-state index in [1.54, 1.807) is 13.1 Å². The number of nitrogens with one attached hydrogen (secondary N) is 2. The predicted molar refractivity (Wildman–Crippen MR) is 83.7 cm³/mol. The van der Waals surface area contributed by atoms with Gasteiger partial charge in [-0.15, -0.1) is 0 Å². The van der Waals surface area contributed by atoms with Gasteiger partial charge in [0.2, 0.25) is 0 Å². The quantitative estimate of drug-likeness (QED) is 0.765. The summed E-state index contributed by atoms with van der Waals surface area (Å²) in [4.78, 5) is 3.85. The lowest BCUT2D eigenvalue weighted by atomic mass is 10.3. The van der Waals surface area contributed by atoms with E-state index in [2.05, 4.69) is 15.0 Å². The van der Waals surface area contributed by atoms with Crippen LogP contribution in [0.5, 0.6) is 0 Å². The maximum atomic E-state index is 13.0. The van der Waals surface area contributed by atoms with E-state index in [-0.39, 0.29) is 4.90 Å². The van der Waals surface area contributed by atoms with Crippen LogP contribution in [0.25, 0.3) is 0 Å². The van der Waals surface area contributed by atoms with Gasteiger partial charge in [-0.2, -0.15) is 0 Å². The summed E-state index contributed by atoms with van der Waals surface area (Å²) in [6.07, 6.45) is 2.75. The second kappa shape index (κ2) is 5.92. The minimum Gasteiger partial charge on any atom is -0.387 e. The van der Waals surface area contributed by atoms with E-state index in [1.165, 1.54) is 30.6 Å². The SMILES string of the molecule is CNc1ccncc1S(=O)(=O)Nc1ccc(F)cc1I. The number of nitrogens with zero attached hydrogens (tertiary/aromatic N) is 1. The van der Waals surface area contributed by atoms with Crippen molar-refractivity contribution in [2.45, 2.75) is 4.90 Å². The lowest BCUT2D eigenvalue weighted by Crippen LogP contribution is -2.15. The number of sulfonamides is 1. The number of hydrogen-bond donors (Lipinski definition) is 2. The molecule has 0 fully saturated rings. The molecule has 0 aliphatic carbocycles. The second-order valence-electron chi connectivity index (χ2n) is 3.85. The van der Waals surface area contributed by atoms with Crippen LogP contribution in [0.3, 0.4) is 0 Å². The molecule has 0 amide bonds. The fourth-order valence-corrected chi connectivity index (χ4v) is 3.60. The molecule has 2 N–H and O–H groups in total. The third kappa shape index (κ3) is 3.18. The van der Waals surface area contributed by atoms with Crippen molar-refractivity contribution in [3.05, 3.63) is 46.0 Å². The molecular formula is C12H11FIN3O2S. The first-order chi connectivity index (χ1) is 9.44. The van der Waals surface area contributed by atoms with Crippen molar-refractivity contribution in [2.75, 3.05) is 17.1 Å². The zero-order valence-corrected chi connectivity index (χ0v) is 13.4. The second-order valence-corrected chi connectivity index (χ2v) is 6.66. The summed E-state index contributed by atoms with van der Waals surface area (Å²) in [7, 11) is -2.17. The Bertz CT molecular complexity index is 737. The fourth-order valence-electron chi connectivity index (χ4n) is 1.57. The molecule has 1 aromatic carbocycles. The Labute approximate surface area is 129 Å². The number of benzene rings is 1. The van der Waals surface area contributed by atoms with Gasteiger partial charge in [0, 0.05) is 23.0 Å². The van der Waals surface area contributed by atoms with Gasteiger partial charge in [0.25, 0.3) is 10.0 Å². The van der Waals surface area contributed by atoms with Gasteiger partial charge in [0.05, 0.1) is 11.4 Å². The highest BCUT2D eigenvalue weighted by Crippen LogP contribution is 2.25. The number of anilines is 2. The predicted octanol–water partition coefficient (Wildman–Crippen LogP) is 2.67. The molecule has 5 nitrogen and oxygen atoms in total. The molecule has 0 aliphatic rings. The standard InChI is InChI=1S/C12H11FIN3O2S/c1-15-11-4-5-16-7-12(11)20(18,19)17-10-3-2-8(13)6-9(10)14/h2-7,17H,1H3,(H,15,16). The Balaban J connectivity index is 2.41. The summed E-state index contributed by atoms with van der Waals surface area (Å²) in [5.74, 6) is -0.422. The maximum Gasteiger partial charge on any atom is 0.265 e. The van der Waals surface area contributed by atoms with Gasteiger partial charge in [-0.05, 0) is 46.9 Å². The number of aromatic nitrogens is 1. The number of halogens is 2. The summed E-state index contributed by atoms with van der Waals surface area (Å²) in [5, 5.41) is 2.79. The smallest absolute Gasteiger partial charge is 0.265 e. The van der Waals surface area contributed by atoms with Gasteiger partial charge in [0.1, 0.15) is 10.7 Å². The molecule has 2 rings (SSSR count). The number of rotatable bonds is 4. The Morgan fingerprint density at radius 1 is 1.25 bits per heavy atom. The third-order valence-electron chi connectivity index (χ3n) is 2.52. The normalized spacial score (nSPS) is 11.2. The molecule has 2 aromatic rings. The molecule has 20 heavy (non-hydrogen) atoms. The molecule has 0 atom stereocenters. The van der Waals surface area contributed by atoms with Crippen LogP contribution in [0.1, 0.15) is 0 Å². The van der Waals surface area contributed by atoms with E-state index in [0.29, 0.717) is 14.9 Å². The van der Waals surface area contributed by atoms with E-state index in [9.17, 15) is 12.8 Å². The summed E-state index contributed by atoms with van der Waals surface area (Å²) in [6.45, 7) is 0. The van der Waals surface area contributed by atoms with E-state index in [4.69, 9.17) is 0 Å². The largest absolute Gasteiger partial charge is 0.387 e. The summed E-state index contributed by atoms with van der Waals surface area (Å²) >= 11 is 1.87. The van der Waals surface area contributed by atoms with Crippen molar-refractivity contribution in [2.24, 2.45) is 0 Å². The highest BCUT2D eigenvalue weighted by Gasteiger charge is 2.19. The van der Waals surface area contributed by atoms with Gasteiger partial charge >= 0.3 is 0 Å². The Morgan fingerprint density at radius 3 is 2.65 bits per heavy atom. The van der Waals surface area contributed by atoms with Crippen LogP contribution in [0.2, 0.25) is 0 Å². The van der Waals surface area contributed by atoms with Gasteiger partial charge in [-0.1, -0.05) is 0 Å². The molecular weight excluding hydrogens is 396 g/mol. The van der Waals surface area contributed by atoms with E-state index >= 15 is 0 Å². The number of hydrogen-bond acceptors (Lipinski definition) is 4. The molecule has 0 saturated heterocycles. The maximum absolute atomic E-state index is 13.0. The fraction of sp³-hybridized carbons (Fsp3) is 0.0833.